The maximum atomic E-state index is 12.5. The van der Waals surface area contributed by atoms with E-state index in [4.69, 9.17) is 4.98 Å². The number of hydrogen-bond acceptors (Lipinski definition) is 4. The van der Waals surface area contributed by atoms with Gasteiger partial charge >= 0.3 is 0 Å². The minimum atomic E-state index is 0.121. The van der Waals surface area contributed by atoms with E-state index in [1.807, 2.05) is 25.6 Å². The molecule has 1 saturated heterocycles. The average Bonchev–Trinajstić information content (AvgIpc) is 3.08. The van der Waals surface area contributed by atoms with E-state index in [0.717, 1.165) is 54.5 Å². The average molecular weight is 448 g/mol. The van der Waals surface area contributed by atoms with Gasteiger partial charge in [-0.25, -0.2) is 4.98 Å². The molecule has 3 aromatic rings. The molecule has 176 valence electrons. The third kappa shape index (κ3) is 5.61. The number of rotatable bonds is 8. The number of piperidine rings is 1. The molecule has 0 unspecified atom stereocenters. The van der Waals surface area contributed by atoms with E-state index in [1.54, 1.807) is 0 Å². The van der Waals surface area contributed by atoms with E-state index in [-0.39, 0.29) is 5.91 Å². The van der Waals surface area contributed by atoms with Gasteiger partial charge in [-0.1, -0.05) is 30.3 Å². The molecular weight excluding hydrogens is 410 g/mol. The second kappa shape index (κ2) is 10.5. The Hall–Kier alpha value is -2.73. The topological polar surface area (TPSA) is 63.1 Å². The molecule has 0 radical (unpaired) electrons. The van der Waals surface area contributed by atoms with Crippen LogP contribution in [-0.2, 0) is 24.7 Å². The number of nitrogens with one attached hydrogen (secondary N) is 1. The highest BCUT2D eigenvalue weighted by molar-refractivity contribution is 5.84. The summed E-state index contributed by atoms with van der Waals surface area (Å²) in [6, 6.07) is 10.8. The zero-order valence-electron chi connectivity index (χ0n) is 20.5. The Morgan fingerprint density at radius 3 is 2.55 bits per heavy atom. The summed E-state index contributed by atoms with van der Waals surface area (Å²) in [6.45, 7) is 10.1. The molecule has 0 saturated carbocycles. The minimum Gasteiger partial charge on any atom is -0.355 e. The predicted octanol–water partition coefficient (Wildman–Crippen LogP) is 3.90. The predicted molar refractivity (Wildman–Crippen MR) is 133 cm³/mol. The summed E-state index contributed by atoms with van der Waals surface area (Å²) in [4.78, 5) is 19.7. The number of aryl methyl sites for hydroxylation is 4. The molecule has 1 fully saturated rings. The van der Waals surface area contributed by atoms with Crippen molar-refractivity contribution in [2.45, 2.75) is 52.9 Å². The second-order valence-electron chi connectivity index (χ2n) is 9.53. The molecule has 1 amide bonds. The Morgan fingerprint density at radius 2 is 1.82 bits per heavy atom. The van der Waals surface area contributed by atoms with Gasteiger partial charge < -0.3 is 10.2 Å². The first-order valence-corrected chi connectivity index (χ1v) is 12.2. The Bertz CT molecular complexity index is 1100. The van der Waals surface area contributed by atoms with Crippen molar-refractivity contribution in [1.29, 1.82) is 0 Å². The van der Waals surface area contributed by atoms with Gasteiger partial charge in [0, 0.05) is 37.6 Å². The number of amides is 1. The van der Waals surface area contributed by atoms with Crippen LogP contribution >= 0.6 is 0 Å². The number of likely N-dealkylation sites (tertiary alicyclic amines) is 1. The van der Waals surface area contributed by atoms with E-state index in [1.165, 1.54) is 36.0 Å². The van der Waals surface area contributed by atoms with Crippen LogP contribution in [0.3, 0.4) is 0 Å². The van der Waals surface area contributed by atoms with Gasteiger partial charge in [0.2, 0.25) is 5.91 Å². The van der Waals surface area contributed by atoms with Crippen molar-refractivity contribution in [1.82, 2.24) is 25.0 Å². The maximum absolute atomic E-state index is 12.5. The standard InChI is InChI=1S/C27H37N5O/c1-19-24(20(2)29-27-26(19)21(3)30-31(27)4)10-11-25(33)28-14-17-32-15-12-23(13-16-32)18-22-8-6-5-7-9-22/h5-9,23H,10-18H2,1-4H3,(H,28,33). The lowest BCUT2D eigenvalue weighted by Crippen LogP contribution is -2.40. The van der Waals surface area contributed by atoms with E-state index in [9.17, 15) is 4.79 Å². The fourth-order valence-corrected chi connectivity index (χ4v) is 5.27. The highest BCUT2D eigenvalue weighted by atomic mass is 16.1. The summed E-state index contributed by atoms with van der Waals surface area (Å²) in [7, 11) is 1.93. The molecule has 1 aliphatic heterocycles. The van der Waals surface area contributed by atoms with E-state index in [0.29, 0.717) is 12.8 Å². The third-order valence-electron chi connectivity index (χ3n) is 7.16. The molecule has 6 heteroatoms. The van der Waals surface area contributed by atoms with Crippen LogP contribution in [0.5, 0.6) is 0 Å². The monoisotopic (exact) mass is 447 g/mol. The molecule has 1 N–H and O–H groups in total. The summed E-state index contributed by atoms with van der Waals surface area (Å²) in [5.74, 6) is 0.898. The van der Waals surface area contributed by atoms with Gasteiger partial charge in [-0.15, -0.1) is 0 Å². The van der Waals surface area contributed by atoms with Crippen LogP contribution in [0.1, 0.15) is 47.3 Å². The van der Waals surface area contributed by atoms with Crippen LogP contribution in [0.2, 0.25) is 0 Å². The first-order chi connectivity index (χ1) is 15.9. The number of nitrogens with zero attached hydrogens (tertiary/aromatic N) is 4. The quantitative estimate of drug-likeness (QED) is 0.569. The largest absolute Gasteiger partial charge is 0.355 e. The van der Waals surface area contributed by atoms with Gasteiger partial charge in [0.1, 0.15) is 0 Å². The number of carbonyl (C=O) groups is 1. The molecule has 1 aromatic carbocycles. The van der Waals surface area contributed by atoms with Gasteiger partial charge in [0.25, 0.3) is 0 Å². The van der Waals surface area contributed by atoms with Crippen molar-refractivity contribution in [3.8, 4) is 0 Å². The van der Waals surface area contributed by atoms with Crippen LogP contribution in [0.4, 0.5) is 0 Å². The normalized spacial score (nSPS) is 15.3. The lowest BCUT2D eigenvalue weighted by atomic mass is 9.90. The minimum absolute atomic E-state index is 0.121. The number of carbonyl (C=O) groups excluding carboxylic acids is 1. The summed E-state index contributed by atoms with van der Waals surface area (Å²) in [5, 5.41) is 8.75. The first-order valence-electron chi connectivity index (χ1n) is 12.2. The molecule has 4 rings (SSSR count). The molecule has 1 aliphatic rings. The lowest BCUT2D eigenvalue weighted by Gasteiger charge is -2.32. The van der Waals surface area contributed by atoms with Crippen molar-refractivity contribution in [2.75, 3.05) is 26.2 Å². The van der Waals surface area contributed by atoms with Crippen molar-refractivity contribution >= 4 is 16.9 Å². The number of fused-ring (bicyclic) bond motifs is 1. The molecule has 0 atom stereocenters. The maximum Gasteiger partial charge on any atom is 0.220 e. The third-order valence-corrected chi connectivity index (χ3v) is 7.16. The molecule has 0 aliphatic carbocycles. The van der Waals surface area contributed by atoms with Gasteiger partial charge in [-0.3, -0.25) is 9.48 Å². The molecule has 0 bridgehead atoms. The van der Waals surface area contributed by atoms with Crippen molar-refractivity contribution in [3.05, 3.63) is 58.4 Å². The second-order valence-corrected chi connectivity index (χ2v) is 9.53. The van der Waals surface area contributed by atoms with Gasteiger partial charge in [-0.05, 0) is 82.2 Å². The Balaban J connectivity index is 1.20. The Kier molecular flexibility index (Phi) is 7.43. The first kappa shape index (κ1) is 23.4. The van der Waals surface area contributed by atoms with Crippen molar-refractivity contribution in [2.24, 2.45) is 13.0 Å². The molecular formula is C27H37N5O. The molecule has 6 nitrogen and oxygen atoms in total. The summed E-state index contributed by atoms with van der Waals surface area (Å²) >= 11 is 0. The number of aromatic nitrogens is 3. The SMILES string of the molecule is Cc1nc2c(c(C)nn2C)c(C)c1CCC(=O)NCCN1CCC(Cc2ccccc2)CC1. The number of benzene rings is 1. The summed E-state index contributed by atoms with van der Waals surface area (Å²) < 4.78 is 1.84. The van der Waals surface area contributed by atoms with Gasteiger partial charge in [-0.2, -0.15) is 5.10 Å². The zero-order valence-corrected chi connectivity index (χ0v) is 20.5. The molecule has 3 heterocycles. The summed E-state index contributed by atoms with van der Waals surface area (Å²) in [5.41, 5.74) is 6.73. The van der Waals surface area contributed by atoms with Crippen LogP contribution < -0.4 is 5.32 Å². The Morgan fingerprint density at radius 1 is 1.09 bits per heavy atom. The lowest BCUT2D eigenvalue weighted by molar-refractivity contribution is -0.121. The fraction of sp³-hybridized carbons (Fsp3) is 0.519. The van der Waals surface area contributed by atoms with Crippen LogP contribution in [0, 0.1) is 26.7 Å². The van der Waals surface area contributed by atoms with Crippen molar-refractivity contribution < 1.29 is 4.79 Å². The van der Waals surface area contributed by atoms with Gasteiger partial charge in [0.05, 0.1) is 5.69 Å². The van der Waals surface area contributed by atoms with E-state index < -0.39 is 0 Å². The number of pyridine rings is 1. The van der Waals surface area contributed by atoms with Crippen LogP contribution in [0.25, 0.3) is 11.0 Å². The molecule has 0 spiro atoms. The van der Waals surface area contributed by atoms with Crippen LogP contribution in [0.15, 0.2) is 30.3 Å². The van der Waals surface area contributed by atoms with E-state index in [2.05, 4.69) is 52.6 Å². The molecule has 2 aromatic heterocycles. The van der Waals surface area contributed by atoms with Gasteiger partial charge in [0.15, 0.2) is 5.65 Å². The number of hydrogen-bond donors (Lipinski definition) is 1. The Labute approximate surface area is 197 Å². The summed E-state index contributed by atoms with van der Waals surface area (Å²) in [6.07, 6.45) is 4.87. The highest BCUT2D eigenvalue weighted by Gasteiger charge is 2.20. The van der Waals surface area contributed by atoms with Crippen molar-refractivity contribution in [3.63, 3.8) is 0 Å². The zero-order chi connectivity index (χ0) is 23.4. The highest BCUT2D eigenvalue weighted by Crippen LogP contribution is 2.26. The fourth-order valence-electron chi connectivity index (χ4n) is 5.27. The smallest absolute Gasteiger partial charge is 0.220 e. The van der Waals surface area contributed by atoms with Crippen LogP contribution in [-0.4, -0.2) is 51.8 Å². The molecule has 33 heavy (non-hydrogen) atoms. The van der Waals surface area contributed by atoms with E-state index >= 15 is 0 Å².